The second-order valence-corrected chi connectivity index (χ2v) is 20.1. The van der Waals surface area contributed by atoms with Crippen molar-refractivity contribution in [3.8, 4) is 57.4 Å². The third-order valence-electron chi connectivity index (χ3n) is 11.1. The van der Waals surface area contributed by atoms with Crippen LogP contribution < -0.4 is 20.7 Å². The molecule has 0 aliphatic carbocycles. The number of nitriles is 2. The van der Waals surface area contributed by atoms with Crippen LogP contribution in [0.25, 0.3) is 44.2 Å². The molecule has 0 amide bonds. The topological polar surface area (TPSA) is 126 Å². The van der Waals surface area contributed by atoms with Crippen LogP contribution in [0.3, 0.4) is 0 Å². The largest absolute Gasteiger partial charge is 0.453 e. The van der Waals surface area contributed by atoms with Gasteiger partial charge in [-0.1, -0.05) is 119 Å². The van der Waals surface area contributed by atoms with Gasteiger partial charge in [0.1, 0.15) is 34.8 Å². The molecule has 62 heavy (non-hydrogen) atoms. The molecule has 0 saturated heterocycles. The Labute approximate surface area is 363 Å². The molecule has 0 N–H and O–H groups in total. The number of hydrogen-bond donors (Lipinski definition) is 0. The molecule has 0 fully saturated rings. The van der Waals surface area contributed by atoms with Gasteiger partial charge < -0.3 is 18.3 Å². The Morgan fingerprint density at radius 3 is 1.08 bits per heavy atom. The average molecular weight is 825 g/mol. The highest BCUT2D eigenvalue weighted by Gasteiger charge is 2.27. The van der Waals surface area contributed by atoms with Crippen molar-refractivity contribution in [2.75, 3.05) is 0 Å². The van der Waals surface area contributed by atoms with E-state index in [-0.39, 0.29) is 44.3 Å². The first kappa shape index (κ1) is 43.2. The van der Waals surface area contributed by atoms with E-state index in [9.17, 15) is 20.1 Å². The van der Waals surface area contributed by atoms with Crippen LogP contribution in [-0.2, 0) is 21.7 Å². The lowest BCUT2D eigenvalue weighted by Crippen LogP contribution is -2.17. The first-order valence-electron chi connectivity index (χ1n) is 20.7. The quantitative estimate of drug-likeness (QED) is 0.152. The summed E-state index contributed by atoms with van der Waals surface area (Å²) < 4.78 is 24.6. The smallest absolute Gasteiger partial charge is 0.344 e. The molecule has 0 atom stereocenters. The number of rotatable bonds is 6. The third kappa shape index (κ3) is 8.65. The molecule has 5 aromatic carbocycles. The van der Waals surface area contributed by atoms with Crippen molar-refractivity contribution in [1.29, 1.82) is 10.5 Å². The number of fused-ring (bicyclic) bond motifs is 2. The summed E-state index contributed by atoms with van der Waals surface area (Å²) in [5.41, 5.74) is 6.15. The van der Waals surface area contributed by atoms with Crippen LogP contribution in [0.2, 0.25) is 0 Å². The predicted molar refractivity (Wildman–Crippen MR) is 247 cm³/mol. The lowest BCUT2D eigenvalue weighted by molar-refractivity contribution is 0.418. The van der Waals surface area contributed by atoms with Crippen molar-refractivity contribution < 1.29 is 18.3 Å². The first-order valence-corrected chi connectivity index (χ1v) is 20.7. The summed E-state index contributed by atoms with van der Waals surface area (Å²) >= 11 is 0. The van der Waals surface area contributed by atoms with Crippen LogP contribution >= 0.6 is 0 Å². The summed E-state index contributed by atoms with van der Waals surface area (Å²) in [5.74, 6) is 1.22. The van der Waals surface area contributed by atoms with Crippen LogP contribution in [0, 0.1) is 22.7 Å². The molecule has 0 bridgehead atoms. The Bertz CT molecular complexity index is 2880. The van der Waals surface area contributed by atoms with Gasteiger partial charge in [0.2, 0.25) is 0 Å². The lowest BCUT2D eigenvalue weighted by atomic mass is 9.79. The van der Waals surface area contributed by atoms with Crippen molar-refractivity contribution in [3.05, 3.63) is 151 Å². The minimum atomic E-state index is -0.446. The van der Waals surface area contributed by atoms with Gasteiger partial charge >= 0.3 is 11.3 Å². The normalized spacial score (nSPS) is 12.3. The maximum atomic E-state index is 13.5. The van der Waals surface area contributed by atoms with Crippen molar-refractivity contribution >= 4 is 21.9 Å². The maximum Gasteiger partial charge on any atom is 0.344 e. The fourth-order valence-corrected chi connectivity index (χ4v) is 7.42. The minimum absolute atomic E-state index is 0.115. The molecular formula is C54H52N2O6. The van der Waals surface area contributed by atoms with E-state index >= 15 is 0 Å². The van der Waals surface area contributed by atoms with Gasteiger partial charge in [0.25, 0.3) is 0 Å². The van der Waals surface area contributed by atoms with Gasteiger partial charge in [-0.25, -0.2) is 9.59 Å². The molecule has 7 rings (SSSR count). The molecule has 0 spiro atoms. The van der Waals surface area contributed by atoms with Gasteiger partial charge in [-0.3, -0.25) is 0 Å². The Balaban J connectivity index is 1.20. The Morgan fingerprint density at radius 1 is 0.452 bits per heavy atom. The first-order chi connectivity index (χ1) is 28.9. The molecule has 2 heterocycles. The predicted octanol–water partition coefficient (Wildman–Crippen LogP) is 13.8. The standard InChI is InChI=1S/C54H52N2O6/c1-51(2,3)37-21-33-23-41(49(57)61-47(33)43(27-37)53(7,8)9)31-13-17-39(18-14-31)59-45-25-35(29-55)36(30-56)26-46(45)60-40-19-15-32(16-20-40)42-24-34-22-38(52(4,5)6)28-44(54(10,11)12)48(34)62-50(42)58/h13-28H,1-12H3. The number of benzene rings is 5. The summed E-state index contributed by atoms with van der Waals surface area (Å²) in [6.45, 7) is 25.6. The summed E-state index contributed by atoms with van der Waals surface area (Å²) in [5, 5.41) is 21.4. The van der Waals surface area contributed by atoms with Crippen LogP contribution in [0.5, 0.6) is 23.0 Å². The molecule has 7 aromatic rings. The Kier molecular flexibility index (Phi) is 10.8. The molecule has 8 nitrogen and oxygen atoms in total. The van der Waals surface area contributed by atoms with E-state index in [2.05, 4.69) is 119 Å². The van der Waals surface area contributed by atoms with Gasteiger partial charge in [0, 0.05) is 34.0 Å². The fraction of sp³-hybridized carbons (Fsp3) is 0.296. The molecule has 2 aromatic heterocycles. The summed E-state index contributed by atoms with van der Waals surface area (Å²) in [6.07, 6.45) is 0. The summed E-state index contributed by atoms with van der Waals surface area (Å²) in [6, 6.07) is 33.3. The number of ether oxygens (including phenoxy) is 2. The second kappa shape index (κ2) is 15.5. The highest BCUT2D eigenvalue weighted by atomic mass is 16.5. The Morgan fingerprint density at radius 2 is 0.790 bits per heavy atom. The number of nitrogens with zero attached hydrogens (tertiary/aromatic N) is 2. The molecule has 8 heteroatoms. The zero-order chi connectivity index (χ0) is 45.1. The van der Waals surface area contributed by atoms with Crippen molar-refractivity contribution in [3.63, 3.8) is 0 Å². The molecule has 0 radical (unpaired) electrons. The van der Waals surface area contributed by atoms with Gasteiger partial charge in [-0.2, -0.15) is 10.5 Å². The molecule has 0 aliphatic rings. The average Bonchev–Trinajstić information content (AvgIpc) is 3.19. The van der Waals surface area contributed by atoms with Gasteiger partial charge in [-0.15, -0.1) is 0 Å². The molecule has 0 aliphatic heterocycles. The van der Waals surface area contributed by atoms with Gasteiger partial charge in [0.15, 0.2) is 11.5 Å². The Hall–Kier alpha value is -6.90. The zero-order valence-corrected chi connectivity index (χ0v) is 37.6. The van der Waals surface area contributed by atoms with Crippen LogP contribution in [0.1, 0.15) is 116 Å². The van der Waals surface area contributed by atoms with E-state index < -0.39 is 11.3 Å². The molecule has 314 valence electrons. The lowest BCUT2D eigenvalue weighted by Gasteiger charge is -2.26. The third-order valence-corrected chi connectivity index (χ3v) is 11.1. The number of hydrogen-bond acceptors (Lipinski definition) is 8. The van der Waals surface area contributed by atoms with Gasteiger partial charge in [0.05, 0.1) is 22.3 Å². The fourth-order valence-electron chi connectivity index (χ4n) is 7.42. The minimum Gasteiger partial charge on any atom is -0.453 e. The monoisotopic (exact) mass is 824 g/mol. The highest BCUT2D eigenvalue weighted by Crippen LogP contribution is 2.41. The van der Waals surface area contributed by atoms with E-state index in [0.29, 0.717) is 44.9 Å². The van der Waals surface area contributed by atoms with E-state index in [1.165, 1.54) is 12.1 Å². The molecule has 0 saturated carbocycles. The summed E-state index contributed by atoms with van der Waals surface area (Å²) in [4.78, 5) is 27.0. The summed E-state index contributed by atoms with van der Waals surface area (Å²) in [7, 11) is 0. The van der Waals surface area contributed by atoms with Crippen molar-refractivity contribution in [2.45, 2.75) is 105 Å². The van der Waals surface area contributed by atoms with Gasteiger partial charge in [-0.05, 0) is 92.4 Å². The van der Waals surface area contributed by atoms with Crippen molar-refractivity contribution in [2.24, 2.45) is 0 Å². The molecule has 0 unspecified atom stereocenters. The molecular weight excluding hydrogens is 773 g/mol. The van der Waals surface area contributed by atoms with E-state index in [1.54, 1.807) is 48.5 Å². The van der Waals surface area contributed by atoms with E-state index in [1.807, 2.05) is 12.1 Å². The SMILES string of the molecule is CC(C)(C)c1cc(C(C)(C)C)c2oc(=O)c(-c3ccc(Oc4cc(C#N)c(C#N)cc4Oc4ccc(-c5cc6cc(C(C)(C)C)cc(C(C)(C)C)c6oc5=O)cc4)cc3)cc2c1. The van der Waals surface area contributed by atoms with E-state index in [4.69, 9.17) is 18.3 Å². The highest BCUT2D eigenvalue weighted by molar-refractivity contribution is 5.87. The van der Waals surface area contributed by atoms with Crippen LogP contribution in [0.15, 0.2) is 115 Å². The van der Waals surface area contributed by atoms with Crippen LogP contribution in [-0.4, -0.2) is 0 Å². The second-order valence-electron chi connectivity index (χ2n) is 20.1. The zero-order valence-electron chi connectivity index (χ0n) is 37.6. The van der Waals surface area contributed by atoms with E-state index in [0.717, 1.165) is 33.0 Å². The maximum absolute atomic E-state index is 13.5. The van der Waals surface area contributed by atoms with Crippen LogP contribution in [0.4, 0.5) is 0 Å². The van der Waals surface area contributed by atoms with Crippen molar-refractivity contribution in [1.82, 2.24) is 0 Å².